The van der Waals surface area contributed by atoms with Gasteiger partial charge in [-0.3, -0.25) is 0 Å². The van der Waals surface area contributed by atoms with Crippen LogP contribution in [0.1, 0.15) is 24.5 Å². The van der Waals surface area contributed by atoms with Gasteiger partial charge in [0.1, 0.15) is 5.60 Å². The predicted molar refractivity (Wildman–Crippen MR) is 93.3 cm³/mol. The molecule has 0 bridgehead atoms. The number of para-hydroxylation sites is 1. The standard InChI is InChI=1S/C20H23NO2/c1-15(22)20(23,13-12-16-8-4-3-5-9-16)18-14-21(2)19-11-7-6-10-17(18)19/h3-11,14-15,22-23H,12-13H2,1-2H3/t15-,20?/m0/s1. The number of nitrogens with zero attached hydrogens (tertiary/aromatic N) is 1. The topological polar surface area (TPSA) is 45.4 Å². The van der Waals surface area contributed by atoms with Crippen LogP contribution >= 0.6 is 0 Å². The van der Waals surface area contributed by atoms with Crippen LogP contribution in [0, 0.1) is 0 Å². The van der Waals surface area contributed by atoms with Gasteiger partial charge in [0.15, 0.2) is 0 Å². The van der Waals surface area contributed by atoms with E-state index in [1.807, 2.05) is 72.4 Å². The van der Waals surface area contributed by atoms with Crippen LogP contribution in [0.25, 0.3) is 10.9 Å². The average Bonchev–Trinajstić information content (AvgIpc) is 2.91. The van der Waals surface area contributed by atoms with E-state index in [9.17, 15) is 10.2 Å². The molecule has 23 heavy (non-hydrogen) atoms. The first-order chi connectivity index (χ1) is 11.0. The van der Waals surface area contributed by atoms with E-state index in [1.54, 1.807) is 6.92 Å². The minimum Gasteiger partial charge on any atom is -0.390 e. The Hall–Kier alpha value is -2.10. The Morgan fingerprint density at radius 2 is 1.70 bits per heavy atom. The van der Waals surface area contributed by atoms with Crippen LogP contribution in [0.2, 0.25) is 0 Å². The van der Waals surface area contributed by atoms with Crippen LogP contribution in [-0.4, -0.2) is 20.9 Å². The summed E-state index contributed by atoms with van der Waals surface area (Å²) >= 11 is 0. The largest absolute Gasteiger partial charge is 0.390 e. The molecule has 0 saturated heterocycles. The van der Waals surface area contributed by atoms with Crippen LogP contribution in [0.15, 0.2) is 60.8 Å². The lowest BCUT2D eigenvalue weighted by molar-refractivity contribution is -0.0762. The zero-order valence-corrected chi connectivity index (χ0v) is 13.6. The molecule has 2 atom stereocenters. The van der Waals surface area contributed by atoms with E-state index in [1.165, 1.54) is 0 Å². The quantitative estimate of drug-likeness (QED) is 0.759. The molecule has 0 saturated carbocycles. The maximum Gasteiger partial charge on any atom is 0.117 e. The van der Waals surface area contributed by atoms with E-state index in [-0.39, 0.29) is 0 Å². The molecule has 3 rings (SSSR count). The number of aliphatic hydroxyl groups excluding tert-OH is 1. The maximum atomic E-state index is 11.3. The fraction of sp³-hybridized carbons (Fsp3) is 0.300. The number of aryl methyl sites for hydroxylation is 2. The lowest BCUT2D eigenvalue weighted by atomic mass is 9.83. The lowest BCUT2D eigenvalue weighted by Crippen LogP contribution is -2.38. The molecule has 3 heteroatoms. The number of hydrogen-bond donors (Lipinski definition) is 2. The third-order valence-corrected chi connectivity index (χ3v) is 4.69. The SMILES string of the molecule is C[C@H](O)C(O)(CCc1ccccc1)c1cn(C)c2ccccc12. The molecule has 0 aliphatic heterocycles. The molecule has 1 aromatic heterocycles. The van der Waals surface area contributed by atoms with Gasteiger partial charge in [-0.1, -0.05) is 48.5 Å². The summed E-state index contributed by atoms with van der Waals surface area (Å²) < 4.78 is 2.00. The average molecular weight is 309 g/mol. The minimum atomic E-state index is -1.27. The first-order valence-corrected chi connectivity index (χ1v) is 8.01. The summed E-state index contributed by atoms with van der Waals surface area (Å²) in [6, 6.07) is 18.0. The molecular weight excluding hydrogens is 286 g/mol. The van der Waals surface area contributed by atoms with Gasteiger partial charge >= 0.3 is 0 Å². The summed E-state index contributed by atoms with van der Waals surface area (Å²) in [5.41, 5.74) is 1.74. The number of hydrogen-bond acceptors (Lipinski definition) is 2. The summed E-state index contributed by atoms with van der Waals surface area (Å²) in [5.74, 6) is 0. The first-order valence-electron chi connectivity index (χ1n) is 8.01. The summed E-state index contributed by atoms with van der Waals surface area (Å²) in [6.45, 7) is 1.66. The number of fused-ring (bicyclic) bond motifs is 1. The molecule has 0 fully saturated rings. The molecule has 120 valence electrons. The highest BCUT2D eigenvalue weighted by atomic mass is 16.3. The van der Waals surface area contributed by atoms with E-state index in [0.717, 1.165) is 22.0 Å². The number of rotatable bonds is 5. The van der Waals surface area contributed by atoms with Crippen molar-refractivity contribution in [3.63, 3.8) is 0 Å². The Morgan fingerprint density at radius 3 is 2.39 bits per heavy atom. The normalized spacial score (nSPS) is 15.5. The second-order valence-corrected chi connectivity index (χ2v) is 6.26. The summed E-state index contributed by atoms with van der Waals surface area (Å²) in [7, 11) is 1.96. The Bertz CT molecular complexity index is 792. The summed E-state index contributed by atoms with van der Waals surface area (Å²) in [5, 5.41) is 22.6. The van der Waals surface area contributed by atoms with Gasteiger partial charge in [-0.15, -0.1) is 0 Å². The molecule has 2 aromatic carbocycles. The van der Waals surface area contributed by atoms with Crippen molar-refractivity contribution < 1.29 is 10.2 Å². The van der Waals surface area contributed by atoms with E-state index >= 15 is 0 Å². The molecule has 2 N–H and O–H groups in total. The van der Waals surface area contributed by atoms with Crippen molar-refractivity contribution in [2.45, 2.75) is 31.5 Å². The van der Waals surface area contributed by atoms with Gasteiger partial charge in [-0.05, 0) is 31.4 Å². The van der Waals surface area contributed by atoms with Crippen molar-refractivity contribution in [1.29, 1.82) is 0 Å². The van der Waals surface area contributed by atoms with E-state index < -0.39 is 11.7 Å². The van der Waals surface area contributed by atoms with Gasteiger partial charge in [-0.25, -0.2) is 0 Å². The Labute approximate surface area is 136 Å². The summed E-state index contributed by atoms with van der Waals surface area (Å²) in [4.78, 5) is 0. The van der Waals surface area contributed by atoms with Crippen molar-refractivity contribution in [3.8, 4) is 0 Å². The molecule has 1 heterocycles. The number of benzene rings is 2. The van der Waals surface area contributed by atoms with Crippen molar-refractivity contribution in [1.82, 2.24) is 4.57 Å². The first kappa shape index (κ1) is 15.8. The number of aromatic nitrogens is 1. The van der Waals surface area contributed by atoms with Crippen molar-refractivity contribution in [2.24, 2.45) is 7.05 Å². The monoisotopic (exact) mass is 309 g/mol. The van der Waals surface area contributed by atoms with Gasteiger partial charge in [0, 0.05) is 29.7 Å². The molecule has 3 nitrogen and oxygen atoms in total. The minimum absolute atomic E-state index is 0.475. The van der Waals surface area contributed by atoms with Gasteiger partial charge in [0.05, 0.1) is 6.10 Å². The van der Waals surface area contributed by atoms with E-state index in [0.29, 0.717) is 12.8 Å². The van der Waals surface area contributed by atoms with Crippen molar-refractivity contribution in [2.75, 3.05) is 0 Å². The molecule has 3 aromatic rings. The van der Waals surface area contributed by atoms with Crippen molar-refractivity contribution >= 4 is 10.9 Å². The molecule has 0 aliphatic carbocycles. The number of aliphatic hydroxyl groups is 2. The zero-order valence-electron chi connectivity index (χ0n) is 13.6. The molecule has 0 radical (unpaired) electrons. The van der Waals surface area contributed by atoms with E-state index in [4.69, 9.17) is 0 Å². The molecule has 1 unspecified atom stereocenters. The zero-order chi connectivity index (χ0) is 16.4. The van der Waals surface area contributed by atoms with Crippen molar-refractivity contribution in [3.05, 3.63) is 71.9 Å². The maximum absolute atomic E-state index is 11.3. The van der Waals surface area contributed by atoms with Crippen LogP contribution in [0.4, 0.5) is 0 Å². The highest BCUT2D eigenvalue weighted by molar-refractivity contribution is 5.84. The van der Waals surface area contributed by atoms with Gasteiger partial charge in [0.25, 0.3) is 0 Å². The Kier molecular flexibility index (Phi) is 4.24. The Balaban J connectivity index is 1.99. The third-order valence-electron chi connectivity index (χ3n) is 4.69. The van der Waals surface area contributed by atoms with Gasteiger partial charge in [-0.2, -0.15) is 0 Å². The van der Waals surface area contributed by atoms with Crippen LogP contribution in [0.3, 0.4) is 0 Å². The lowest BCUT2D eigenvalue weighted by Gasteiger charge is -2.31. The molecular formula is C20H23NO2. The highest BCUT2D eigenvalue weighted by Crippen LogP contribution is 2.36. The van der Waals surface area contributed by atoms with Gasteiger partial charge in [0.2, 0.25) is 0 Å². The van der Waals surface area contributed by atoms with Gasteiger partial charge < -0.3 is 14.8 Å². The van der Waals surface area contributed by atoms with Crippen LogP contribution in [0.5, 0.6) is 0 Å². The highest BCUT2D eigenvalue weighted by Gasteiger charge is 2.36. The fourth-order valence-corrected chi connectivity index (χ4v) is 3.23. The van der Waals surface area contributed by atoms with E-state index in [2.05, 4.69) is 0 Å². The predicted octanol–water partition coefficient (Wildman–Crippen LogP) is 3.38. The fourth-order valence-electron chi connectivity index (χ4n) is 3.23. The molecule has 0 spiro atoms. The smallest absolute Gasteiger partial charge is 0.117 e. The second kappa shape index (κ2) is 6.19. The van der Waals surface area contributed by atoms with Crippen LogP contribution < -0.4 is 0 Å². The molecule has 0 aliphatic rings. The van der Waals surface area contributed by atoms with Crippen LogP contribution in [-0.2, 0) is 19.1 Å². The Morgan fingerprint density at radius 1 is 1.04 bits per heavy atom. The third kappa shape index (κ3) is 2.90. The molecule has 0 amide bonds. The second-order valence-electron chi connectivity index (χ2n) is 6.26. The summed E-state index contributed by atoms with van der Waals surface area (Å²) in [6.07, 6.45) is 2.27.